The zero-order chi connectivity index (χ0) is 12.6. The molecule has 0 spiro atoms. The summed E-state index contributed by atoms with van der Waals surface area (Å²) in [6.07, 6.45) is 9.50. The third-order valence-corrected chi connectivity index (χ3v) is 4.27. The van der Waals surface area contributed by atoms with Crippen molar-refractivity contribution in [3.8, 4) is 0 Å². The molecule has 2 aliphatic rings. The summed E-state index contributed by atoms with van der Waals surface area (Å²) in [6.45, 7) is 5.89. The SMILES string of the molecule is CC1CCC(NCCOCC2CCCCO2)CC1. The molecule has 2 fully saturated rings. The molecule has 0 aromatic rings. The van der Waals surface area contributed by atoms with Crippen molar-refractivity contribution in [2.75, 3.05) is 26.4 Å². The van der Waals surface area contributed by atoms with Gasteiger partial charge in [0.25, 0.3) is 0 Å². The first-order valence-corrected chi connectivity index (χ1v) is 7.77. The van der Waals surface area contributed by atoms with Gasteiger partial charge in [0.05, 0.1) is 19.3 Å². The summed E-state index contributed by atoms with van der Waals surface area (Å²) < 4.78 is 11.3. The standard InChI is InChI=1S/C15H29NO2/c1-13-5-7-14(8-6-13)16-9-11-17-12-15-4-2-3-10-18-15/h13-16H,2-12H2,1H3. The average Bonchev–Trinajstić information content (AvgIpc) is 2.42. The molecule has 3 nitrogen and oxygen atoms in total. The second-order valence-corrected chi connectivity index (χ2v) is 5.97. The summed E-state index contributed by atoms with van der Waals surface area (Å²) in [5.74, 6) is 0.933. The lowest BCUT2D eigenvalue weighted by molar-refractivity contribution is -0.0402. The average molecular weight is 255 g/mol. The lowest BCUT2D eigenvalue weighted by Crippen LogP contribution is -2.35. The highest BCUT2D eigenvalue weighted by Gasteiger charge is 2.17. The normalized spacial score (nSPS) is 33.5. The van der Waals surface area contributed by atoms with E-state index in [1.165, 1.54) is 44.9 Å². The second-order valence-electron chi connectivity index (χ2n) is 5.97. The van der Waals surface area contributed by atoms with Gasteiger partial charge in [-0.1, -0.05) is 6.92 Å². The largest absolute Gasteiger partial charge is 0.377 e. The van der Waals surface area contributed by atoms with Gasteiger partial charge >= 0.3 is 0 Å². The van der Waals surface area contributed by atoms with E-state index < -0.39 is 0 Å². The molecular weight excluding hydrogens is 226 g/mol. The Morgan fingerprint density at radius 1 is 1.11 bits per heavy atom. The minimum absolute atomic E-state index is 0.356. The summed E-state index contributed by atoms with van der Waals surface area (Å²) in [4.78, 5) is 0. The minimum atomic E-state index is 0.356. The van der Waals surface area contributed by atoms with Crippen LogP contribution in [0.15, 0.2) is 0 Å². The van der Waals surface area contributed by atoms with Gasteiger partial charge < -0.3 is 14.8 Å². The molecule has 1 saturated carbocycles. The first kappa shape index (κ1) is 14.3. The molecule has 1 aliphatic carbocycles. The summed E-state index contributed by atoms with van der Waals surface area (Å²) in [5, 5.41) is 3.61. The summed E-state index contributed by atoms with van der Waals surface area (Å²) in [6, 6.07) is 0.732. The Kier molecular flexibility index (Phi) is 6.46. The Morgan fingerprint density at radius 2 is 1.94 bits per heavy atom. The maximum atomic E-state index is 5.70. The second kappa shape index (κ2) is 8.13. The fourth-order valence-electron chi connectivity index (χ4n) is 2.95. The van der Waals surface area contributed by atoms with Crippen molar-refractivity contribution in [1.82, 2.24) is 5.32 Å². The molecular formula is C15H29NO2. The van der Waals surface area contributed by atoms with E-state index in [2.05, 4.69) is 12.2 Å². The van der Waals surface area contributed by atoms with E-state index in [0.29, 0.717) is 6.10 Å². The highest BCUT2D eigenvalue weighted by atomic mass is 16.5. The lowest BCUT2D eigenvalue weighted by Gasteiger charge is -2.27. The lowest BCUT2D eigenvalue weighted by atomic mass is 9.87. The molecule has 1 saturated heterocycles. The molecule has 2 rings (SSSR count). The molecule has 1 aliphatic heterocycles. The fourth-order valence-corrected chi connectivity index (χ4v) is 2.95. The summed E-state index contributed by atoms with van der Waals surface area (Å²) >= 11 is 0. The van der Waals surface area contributed by atoms with Crippen LogP contribution in [0.4, 0.5) is 0 Å². The van der Waals surface area contributed by atoms with Crippen molar-refractivity contribution in [3.63, 3.8) is 0 Å². The maximum absolute atomic E-state index is 5.70. The zero-order valence-electron chi connectivity index (χ0n) is 11.8. The van der Waals surface area contributed by atoms with Gasteiger partial charge in [-0.05, 0) is 50.9 Å². The first-order valence-electron chi connectivity index (χ1n) is 7.77. The molecule has 0 radical (unpaired) electrons. The van der Waals surface area contributed by atoms with E-state index >= 15 is 0 Å². The molecule has 1 N–H and O–H groups in total. The van der Waals surface area contributed by atoms with Gasteiger partial charge in [-0.2, -0.15) is 0 Å². The van der Waals surface area contributed by atoms with Crippen molar-refractivity contribution < 1.29 is 9.47 Å². The Morgan fingerprint density at radius 3 is 2.67 bits per heavy atom. The first-order chi connectivity index (χ1) is 8.84. The van der Waals surface area contributed by atoms with Gasteiger partial charge in [0, 0.05) is 19.2 Å². The van der Waals surface area contributed by atoms with E-state index in [9.17, 15) is 0 Å². The van der Waals surface area contributed by atoms with E-state index in [1.807, 2.05) is 0 Å². The number of hydrogen-bond donors (Lipinski definition) is 1. The van der Waals surface area contributed by atoms with Gasteiger partial charge in [-0.25, -0.2) is 0 Å². The Labute approximate surface area is 112 Å². The van der Waals surface area contributed by atoms with Crippen LogP contribution >= 0.6 is 0 Å². The van der Waals surface area contributed by atoms with Crippen LogP contribution in [0.1, 0.15) is 51.9 Å². The van der Waals surface area contributed by atoms with Gasteiger partial charge in [-0.3, -0.25) is 0 Å². The molecule has 18 heavy (non-hydrogen) atoms. The van der Waals surface area contributed by atoms with E-state index in [1.54, 1.807) is 0 Å². The molecule has 1 atom stereocenters. The minimum Gasteiger partial charge on any atom is -0.377 e. The topological polar surface area (TPSA) is 30.5 Å². The highest BCUT2D eigenvalue weighted by molar-refractivity contribution is 4.75. The van der Waals surface area contributed by atoms with Gasteiger partial charge in [-0.15, -0.1) is 0 Å². The van der Waals surface area contributed by atoms with Gasteiger partial charge in [0.15, 0.2) is 0 Å². The van der Waals surface area contributed by atoms with Crippen molar-refractivity contribution in [1.29, 1.82) is 0 Å². The van der Waals surface area contributed by atoms with Crippen LogP contribution in [0.25, 0.3) is 0 Å². The fraction of sp³-hybridized carbons (Fsp3) is 1.00. The molecule has 1 heterocycles. The predicted molar refractivity (Wildman–Crippen MR) is 73.8 cm³/mol. The van der Waals surface area contributed by atoms with Crippen LogP contribution < -0.4 is 5.32 Å². The van der Waals surface area contributed by atoms with E-state index in [-0.39, 0.29) is 0 Å². The number of ether oxygens (including phenoxy) is 2. The zero-order valence-corrected chi connectivity index (χ0v) is 11.8. The van der Waals surface area contributed by atoms with Gasteiger partial charge in [0.2, 0.25) is 0 Å². The van der Waals surface area contributed by atoms with Crippen molar-refractivity contribution in [2.24, 2.45) is 5.92 Å². The molecule has 0 aromatic carbocycles. The molecule has 1 unspecified atom stereocenters. The van der Waals surface area contributed by atoms with E-state index in [0.717, 1.165) is 38.3 Å². The van der Waals surface area contributed by atoms with Crippen LogP contribution in [-0.4, -0.2) is 38.5 Å². The quantitative estimate of drug-likeness (QED) is 0.740. The number of rotatable bonds is 6. The monoisotopic (exact) mass is 255 g/mol. The maximum Gasteiger partial charge on any atom is 0.0808 e. The Balaban J connectivity index is 1.43. The third-order valence-electron chi connectivity index (χ3n) is 4.27. The van der Waals surface area contributed by atoms with Crippen molar-refractivity contribution in [2.45, 2.75) is 64.0 Å². The Bertz CT molecular complexity index is 209. The predicted octanol–water partition coefficient (Wildman–Crippen LogP) is 2.74. The summed E-state index contributed by atoms with van der Waals surface area (Å²) in [7, 11) is 0. The molecule has 0 amide bonds. The number of hydrogen-bond acceptors (Lipinski definition) is 3. The highest BCUT2D eigenvalue weighted by Crippen LogP contribution is 2.23. The van der Waals surface area contributed by atoms with Crippen LogP contribution in [-0.2, 0) is 9.47 Å². The van der Waals surface area contributed by atoms with Crippen LogP contribution in [0.2, 0.25) is 0 Å². The van der Waals surface area contributed by atoms with Gasteiger partial charge in [0.1, 0.15) is 0 Å². The van der Waals surface area contributed by atoms with Crippen molar-refractivity contribution in [3.05, 3.63) is 0 Å². The van der Waals surface area contributed by atoms with Crippen LogP contribution in [0.5, 0.6) is 0 Å². The van der Waals surface area contributed by atoms with E-state index in [4.69, 9.17) is 9.47 Å². The molecule has 3 heteroatoms. The van der Waals surface area contributed by atoms with Crippen LogP contribution in [0.3, 0.4) is 0 Å². The molecule has 0 bridgehead atoms. The number of nitrogens with one attached hydrogen (secondary N) is 1. The molecule has 106 valence electrons. The molecule has 0 aromatic heterocycles. The summed E-state index contributed by atoms with van der Waals surface area (Å²) in [5.41, 5.74) is 0. The Hall–Kier alpha value is -0.120. The third kappa shape index (κ3) is 5.25. The van der Waals surface area contributed by atoms with Crippen LogP contribution in [0, 0.1) is 5.92 Å². The smallest absolute Gasteiger partial charge is 0.0808 e. The van der Waals surface area contributed by atoms with Crippen molar-refractivity contribution >= 4 is 0 Å².